The predicted octanol–water partition coefficient (Wildman–Crippen LogP) is 5.99. The quantitative estimate of drug-likeness (QED) is 0.574. The minimum Gasteiger partial charge on any atom is -0.384 e. The molecule has 0 aliphatic carbocycles. The summed E-state index contributed by atoms with van der Waals surface area (Å²) in [7, 11) is 0. The normalized spacial score (nSPS) is 17.0. The number of aliphatic hydroxyl groups excluding tert-OH is 1. The van der Waals surface area contributed by atoms with Gasteiger partial charge in [0, 0.05) is 31.4 Å². The van der Waals surface area contributed by atoms with Crippen LogP contribution in [0.2, 0.25) is 0 Å². The maximum absolute atomic E-state index is 14.2. The smallest absolute Gasteiger partial charge is 0.163 e. The second kappa shape index (κ2) is 5.83. The molecule has 1 aliphatic heterocycles. The van der Waals surface area contributed by atoms with E-state index in [9.17, 15) is 13.9 Å². The van der Waals surface area contributed by atoms with E-state index in [0.717, 1.165) is 26.6 Å². The molecule has 0 saturated carbocycles. The molecule has 1 atom stereocenters. The van der Waals surface area contributed by atoms with E-state index in [2.05, 4.69) is 19.9 Å². The number of benzene rings is 2. The Kier molecular flexibility index (Phi) is 3.90. The van der Waals surface area contributed by atoms with Gasteiger partial charge in [-0.25, -0.2) is 8.78 Å². The van der Waals surface area contributed by atoms with Crippen LogP contribution in [0.25, 0.3) is 10.1 Å². The number of thiophene rings is 1. The molecule has 2 heterocycles. The predicted molar refractivity (Wildman–Crippen MR) is 95.9 cm³/mol. The van der Waals surface area contributed by atoms with Crippen molar-refractivity contribution < 1.29 is 13.9 Å². The van der Waals surface area contributed by atoms with Gasteiger partial charge in [0.15, 0.2) is 11.6 Å². The van der Waals surface area contributed by atoms with Crippen LogP contribution in [0.15, 0.2) is 35.2 Å². The van der Waals surface area contributed by atoms with E-state index in [1.54, 1.807) is 11.3 Å². The first-order chi connectivity index (χ1) is 11.5. The molecule has 4 rings (SSSR count). The summed E-state index contributed by atoms with van der Waals surface area (Å²) in [5.41, 5.74) is 1.49. The van der Waals surface area contributed by atoms with Crippen molar-refractivity contribution in [1.29, 1.82) is 0 Å². The lowest BCUT2D eigenvalue weighted by molar-refractivity contribution is 0.216. The summed E-state index contributed by atoms with van der Waals surface area (Å²) in [6.45, 7) is 4.30. The third-order valence-corrected chi connectivity index (χ3v) is 7.20. The van der Waals surface area contributed by atoms with Gasteiger partial charge in [-0.3, -0.25) is 0 Å². The molecular weight excluding hydrogens is 346 g/mol. The van der Waals surface area contributed by atoms with Crippen LogP contribution < -0.4 is 0 Å². The lowest BCUT2D eigenvalue weighted by Crippen LogP contribution is -2.05. The average Bonchev–Trinajstić information content (AvgIpc) is 2.94. The molecule has 0 spiro atoms. The number of thioether (sulfide) groups is 1. The molecule has 3 aromatic rings. The first-order valence-corrected chi connectivity index (χ1v) is 9.61. The summed E-state index contributed by atoms with van der Waals surface area (Å²) in [5, 5.41) is 11.9. The summed E-state index contributed by atoms with van der Waals surface area (Å²) in [6.07, 6.45) is -0.936. The van der Waals surface area contributed by atoms with Crippen molar-refractivity contribution in [2.24, 2.45) is 0 Å². The van der Waals surface area contributed by atoms with E-state index in [1.807, 2.05) is 12.1 Å². The zero-order chi connectivity index (χ0) is 17.0. The van der Waals surface area contributed by atoms with Gasteiger partial charge < -0.3 is 5.11 Å². The van der Waals surface area contributed by atoms with Gasteiger partial charge in [0.2, 0.25) is 0 Å². The Morgan fingerprint density at radius 3 is 2.62 bits per heavy atom. The zero-order valence-electron chi connectivity index (χ0n) is 13.3. The maximum atomic E-state index is 14.2. The van der Waals surface area contributed by atoms with Crippen molar-refractivity contribution in [1.82, 2.24) is 0 Å². The monoisotopic (exact) mass is 362 g/mol. The Labute approximate surface area is 147 Å². The molecule has 124 valence electrons. The van der Waals surface area contributed by atoms with Gasteiger partial charge in [-0.2, -0.15) is 0 Å². The summed E-state index contributed by atoms with van der Waals surface area (Å²) in [4.78, 5) is 2.26. The molecule has 0 saturated heterocycles. The fourth-order valence-corrected chi connectivity index (χ4v) is 5.68. The third kappa shape index (κ3) is 2.38. The van der Waals surface area contributed by atoms with Crippen LogP contribution in [0.5, 0.6) is 0 Å². The fourth-order valence-electron chi connectivity index (χ4n) is 3.08. The molecule has 1 aromatic heterocycles. The van der Waals surface area contributed by atoms with Crippen molar-refractivity contribution in [3.8, 4) is 0 Å². The topological polar surface area (TPSA) is 20.2 Å². The van der Waals surface area contributed by atoms with E-state index in [0.29, 0.717) is 17.2 Å². The van der Waals surface area contributed by atoms with E-state index < -0.39 is 17.7 Å². The van der Waals surface area contributed by atoms with Gasteiger partial charge in [0.05, 0.1) is 0 Å². The van der Waals surface area contributed by atoms with Crippen LogP contribution in [0.1, 0.15) is 47.4 Å². The number of hydrogen-bond acceptors (Lipinski definition) is 3. The average molecular weight is 362 g/mol. The van der Waals surface area contributed by atoms with E-state index >= 15 is 0 Å². The van der Waals surface area contributed by atoms with Crippen molar-refractivity contribution in [2.45, 2.75) is 36.5 Å². The number of hydrogen-bond donors (Lipinski definition) is 1. The number of rotatable bonds is 1. The van der Waals surface area contributed by atoms with Crippen LogP contribution >= 0.6 is 23.1 Å². The van der Waals surface area contributed by atoms with Crippen molar-refractivity contribution in [3.63, 3.8) is 0 Å². The molecule has 0 amide bonds. The van der Waals surface area contributed by atoms with Gasteiger partial charge >= 0.3 is 0 Å². The molecule has 0 bridgehead atoms. The van der Waals surface area contributed by atoms with Gasteiger partial charge in [-0.1, -0.05) is 32.0 Å². The van der Waals surface area contributed by atoms with E-state index in [4.69, 9.17) is 0 Å². The Morgan fingerprint density at radius 2 is 1.88 bits per heavy atom. The molecule has 24 heavy (non-hydrogen) atoms. The highest BCUT2D eigenvalue weighted by atomic mass is 32.2. The van der Waals surface area contributed by atoms with Crippen molar-refractivity contribution >= 4 is 33.2 Å². The second-order valence-electron chi connectivity index (χ2n) is 6.33. The summed E-state index contributed by atoms with van der Waals surface area (Å²) in [6, 6.07) is 8.67. The van der Waals surface area contributed by atoms with Crippen LogP contribution in [0.4, 0.5) is 8.78 Å². The van der Waals surface area contributed by atoms with Crippen LogP contribution in [0.3, 0.4) is 0 Å². The number of fused-ring (bicyclic) bond motifs is 4. The van der Waals surface area contributed by atoms with Crippen molar-refractivity contribution in [2.75, 3.05) is 0 Å². The molecular formula is C19H16F2OS2. The number of halogens is 2. The van der Waals surface area contributed by atoms with Gasteiger partial charge in [-0.15, -0.1) is 23.1 Å². The lowest BCUT2D eigenvalue weighted by Gasteiger charge is -2.14. The molecule has 1 N–H and O–H groups in total. The number of aliphatic hydroxyl groups is 1. The second-order valence-corrected chi connectivity index (χ2v) is 8.40. The van der Waals surface area contributed by atoms with E-state index in [-0.39, 0.29) is 5.56 Å². The molecule has 1 unspecified atom stereocenters. The standard InChI is InChI=1S/C19H16F2OS2/c1-9(2)15-7-10-3-4-12-17(22)11-5-6-14(20)16(21)13(11)8-23-19(12)18(10)24-15/h3-7,9,17,22H,8H2,1-2H3. The molecule has 1 aliphatic rings. The van der Waals surface area contributed by atoms with Crippen LogP contribution in [-0.4, -0.2) is 5.11 Å². The largest absolute Gasteiger partial charge is 0.384 e. The first-order valence-electron chi connectivity index (χ1n) is 7.81. The highest BCUT2D eigenvalue weighted by molar-refractivity contribution is 7.99. The maximum Gasteiger partial charge on any atom is 0.163 e. The zero-order valence-corrected chi connectivity index (χ0v) is 14.9. The fraction of sp³-hybridized carbons (Fsp3) is 0.263. The molecule has 5 heteroatoms. The lowest BCUT2D eigenvalue weighted by atomic mass is 9.96. The Hall–Kier alpha value is -1.43. The van der Waals surface area contributed by atoms with Gasteiger partial charge in [0.25, 0.3) is 0 Å². The summed E-state index contributed by atoms with van der Waals surface area (Å²) >= 11 is 3.19. The summed E-state index contributed by atoms with van der Waals surface area (Å²) < 4.78 is 28.9. The highest BCUT2D eigenvalue weighted by Gasteiger charge is 2.27. The van der Waals surface area contributed by atoms with Crippen molar-refractivity contribution in [3.05, 3.63) is 63.5 Å². The van der Waals surface area contributed by atoms with Crippen LogP contribution in [0, 0.1) is 11.6 Å². The van der Waals surface area contributed by atoms with Crippen LogP contribution in [-0.2, 0) is 5.75 Å². The highest BCUT2D eigenvalue weighted by Crippen LogP contribution is 2.46. The molecule has 1 nitrogen and oxygen atoms in total. The SMILES string of the molecule is CC(C)c1cc2ccc3c(c2s1)SCc1c(ccc(F)c1F)C3O. The van der Waals surface area contributed by atoms with Gasteiger partial charge in [-0.05, 0) is 29.0 Å². The minimum absolute atomic E-state index is 0.262. The Bertz CT molecular complexity index is 946. The Morgan fingerprint density at radius 1 is 1.12 bits per heavy atom. The first kappa shape index (κ1) is 16.1. The van der Waals surface area contributed by atoms with Gasteiger partial charge in [0.1, 0.15) is 6.10 Å². The van der Waals surface area contributed by atoms with E-state index in [1.165, 1.54) is 22.7 Å². The third-order valence-electron chi connectivity index (χ3n) is 4.44. The molecule has 0 fully saturated rings. The summed E-state index contributed by atoms with van der Waals surface area (Å²) in [5.74, 6) is -0.965. The molecule has 2 aromatic carbocycles. The minimum atomic E-state index is -0.936. The Balaban J connectivity index is 1.92. The molecule has 0 radical (unpaired) electrons.